The lowest BCUT2D eigenvalue weighted by Gasteiger charge is -2.26. The molecule has 0 fully saturated rings. The summed E-state index contributed by atoms with van der Waals surface area (Å²) in [6.07, 6.45) is -2.07. The number of nitrogens with zero attached hydrogens (tertiary/aromatic N) is 3. The van der Waals surface area contributed by atoms with Gasteiger partial charge in [-0.2, -0.15) is 18.3 Å². The molecule has 2 rings (SSSR count). The summed E-state index contributed by atoms with van der Waals surface area (Å²) < 4.78 is 40.4. The molecule has 140 valence electrons. The summed E-state index contributed by atoms with van der Waals surface area (Å²) in [5.41, 5.74) is -0.655. The fourth-order valence-corrected chi connectivity index (χ4v) is 2.49. The van der Waals surface area contributed by atoms with E-state index in [4.69, 9.17) is 5.11 Å². The summed E-state index contributed by atoms with van der Waals surface area (Å²) in [5, 5.41) is 12.6. The van der Waals surface area contributed by atoms with Crippen LogP contribution >= 0.6 is 0 Å². The second-order valence-electron chi connectivity index (χ2n) is 5.94. The van der Waals surface area contributed by atoms with Crippen molar-refractivity contribution in [1.29, 1.82) is 0 Å². The predicted molar refractivity (Wildman–Crippen MR) is 86.6 cm³/mol. The number of carbonyl (C=O) groups excluding carboxylic acids is 1. The van der Waals surface area contributed by atoms with Crippen LogP contribution in [0.3, 0.4) is 0 Å². The molecule has 0 bridgehead atoms. The summed E-state index contributed by atoms with van der Waals surface area (Å²) >= 11 is 0. The minimum atomic E-state index is -4.46. The van der Waals surface area contributed by atoms with Gasteiger partial charge in [-0.1, -0.05) is 18.2 Å². The number of hydrogen-bond donors (Lipinski definition) is 1. The summed E-state index contributed by atoms with van der Waals surface area (Å²) in [4.78, 5) is 24.4. The van der Waals surface area contributed by atoms with Gasteiger partial charge in [-0.15, -0.1) is 0 Å². The molecule has 1 amide bonds. The lowest BCUT2D eigenvalue weighted by Crippen LogP contribution is -2.38. The molecule has 1 aromatic heterocycles. The number of halogens is 3. The van der Waals surface area contributed by atoms with Gasteiger partial charge in [0.2, 0.25) is 5.91 Å². The SMILES string of the molecule is CC(Cc1ccccc1C(F)(F)F)N(C)C(=O)Cn1cc(C(=O)O)cn1. The average molecular weight is 369 g/mol. The lowest BCUT2D eigenvalue weighted by atomic mass is 10.00. The Morgan fingerprint density at radius 2 is 1.96 bits per heavy atom. The maximum atomic E-state index is 13.1. The van der Waals surface area contributed by atoms with Crippen LogP contribution in [0.25, 0.3) is 0 Å². The summed E-state index contributed by atoms with van der Waals surface area (Å²) in [6, 6.07) is 4.77. The van der Waals surface area contributed by atoms with E-state index in [-0.39, 0.29) is 30.0 Å². The van der Waals surface area contributed by atoms with Gasteiger partial charge in [0.1, 0.15) is 6.54 Å². The van der Waals surface area contributed by atoms with Crippen LogP contribution in [0.2, 0.25) is 0 Å². The van der Waals surface area contributed by atoms with Gasteiger partial charge in [0.15, 0.2) is 0 Å². The highest BCUT2D eigenvalue weighted by Crippen LogP contribution is 2.32. The Labute approximate surface area is 147 Å². The standard InChI is InChI=1S/C17H18F3N3O3/c1-11(7-12-5-3-4-6-14(12)17(18,19)20)22(2)15(24)10-23-9-13(8-21-23)16(25)26/h3-6,8-9,11H,7,10H2,1-2H3,(H,25,26). The molecule has 0 aliphatic heterocycles. The zero-order valence-corrected chi connectivity index (χ0v) is 14.2. The smallest absolute Gasteiger partial charge is 0.416 e. The molecular formula is C17H18F3N3O3. The Morgan fingerprint density at radius 1 is 1.31 bits per heavy atom. The first-order chi connectivity index (χ1) is 12.1. The molecule has 0 saturated heterocycles. The topological polar surface area (TPSA) is 75.4 Å². The van der Waals surface area contributed by atoms with Crippen LogP contribution in [0, 0.1) is 0 Å². The van der Waals surface area contributed by atoms with Gasteiger partial charge in [-0.3, -0.25) is 9.48 Å². The normalized spacial score (nSPS) is 12.7. The molecule has 0 aliphatic rings. The Bertz CT molecular complexity index is 802. The van der Waals surface area contributed by atoms with Crippen LogP contribution < -0.4 is 0 Å². The number of rotatable bonds is 6. The highest BCUT2D eigenvalue weighted by Gasteiger charge is 2.33. The number of amides is 1. The predicted octanol–water partition coefficient (Wildman–Crippen LogP) is 2.69. The number of benzene rings is 1. The van der Waals surface area contributed by atoms with Crippen molar-refractivity contribution < 1.29 is 27.9 Å². The third-order valence-electron chi connectivity index (χ3n) is 4.07. The molecule has 1 N–H and O–H groups in total. The number of carbonyl (C=O) groups is 2. The number of hydrogen-bond acceptors (Lipinski definition) is 3. The third kappa shape index (κ3) is 4.62. The molecule has 9 heteroatoms. The first-order valence-corrected chi connectivity index (χ1v) is 7.76. The zero-order chi connectivity index (χ0) is 19.5. The van der Waals surface area contributed by atoms with Crippen molar-refractivity contribution in [2.75, 3.05) is 7.05 Å². The molecule has 1 atom stereocenters. The van der Waals surface area contributed by atoms with Crippen LogP contribution in [0.4, 0.5) is 13.2 Å². The molecule has 1 heterocycles. The van der Waals surface area contributed by atoms with Gasteiger partial charge >= 0.3 is 12.1 Å². The molecule has 0 radical (unpaired) electrons. The lowest BCUT2D eigenvalue weighted by molar-refractivity contribution is -0.138. The van der Waals surface area contributed by atoms with E-state index in [9.17, 15) is 22.8 Å². The summed E-state index contributed by atoms with van der Waals surface area (Å²) in [5.74, 6) is -1.55. The van der Waals surface area contributed by atoms with Crippen LogP contribution in [0.1, 0.15) is 28.4 Å². The van der Waals surface area contributed by atoms with E-state index in [1.54, 1.807) is 6.92 Å². The largest absolute Gasteiger partial charge is 0.478 e. The van der Waals surface area contributed by atoms with E-state index in [0.29, 0.717) is 0 Å². The van der Waals surface area contributed by atoms with Gasteiger partial charge in [0.05, 0.1) is 17.3 Å². The van der Waals surface area contributed by atoms with Crippen molar-refractivity contribution in [1.82, 2.24) is 14.7 Å². The summed E-state index contributed by atoms with van der Waals surface area (Å²) in [7, 11) is 1.49. The second-order valence-corrected chi connectivity index (χ2v) is 5.94. The number of likely N-dealkylation sites (N-methyl/N-ethyl adjacent to an activating group) is 1. The molecule has 26 heavy (non-hydrogen) atoms. The van der Waals surface area contributed by atoms with Crippen LogP contribution in [0.15, 0.2) is 36.7 Å². The highest BCUT2D eigenvalue weighted by atomic mass is 19.4. The minimum Gasteiger partial charge on any atom is -0.478 e. The number of alkyl halides is 3. The van der Waals surface area contributed by atoms with E-state index < -0.39 is 23.8 Å². The first-order valence-electron chi connectivity index (χ1n) is 7.76. The molecule has 1 aromatic carbocycles. The van der Waals surface area contributed by atoms with Gasteiger partial charge < -0.3 is 10.0 Å². The van der Waals surface area contributed by atoms with Crippen molar-refractivity contribution >= 4 is 11.9 Å². The molecule has 1 unspecified atom stereocenters. The van der Waals surface area contributed by atoms with E-state index in [2.05, 4.69) is 5.10 Å². The quantitative estimate of drug-likeness (QED) is 0.850. The average Bonchev–Trinajstić information content (AvgIpc) is 3.02. The van der Waals surface area contributed by atoms with Crippen LogP contribution in [0.5, 0.6) is 0 Å². The van der Waals surface area contributed by atoms with Crippen molar-refractivity contribution in [3.8, 4) is 0 Å². The van der Waals surface area contributed by atoms with E-state index >= 15 is 0 Å². The Morgan fingerprint density at radius 3 is 2.54 bits per heavy atom. The molecule has 6 nitrogen and oxygen atoms in total. The van der Waals surface area contributed by atoms with Gasteiger partial charge in [-0.05, 0) is 25.0 Å². The fraction of sp³-hybridized carbons (Fsp3) is 0.353. The number of carboxylic acid groups (broad SMARTS) is 1. The summed E-state index contributed by atoms with van der Waals surface area (Å²) in [6.45, 7) is 1.45. The number of carboxylic acids is 1. The van der Waals surface area contributed by atoms with Crippen molar-refractivity contribution in [2.45, 2.75) is 32.1 Å². The third-order valence-corrected chi connectivity index (χ3v) is 4.07. The van der Waals surface area contributed by atoms with Crippen molar-refractivity contribution in [2.24, 2.45) is 0 Å². The van der Waals surface area contributed by atoms with Crippen LogP contribution in [-0.4, -0.2) is 44.8 Å². The Balaban J connectivity index is 2.06. The van der Waals surface area contributed by atoms with E-state index in [1.807, 2.05) is 0 Å². The maximum absolute atomic E-state index is 13.1. The van der Waals surface area contributed by atoms with Gasteiger partial charge in [0.25, 0.3) is 0 Å². The molecule has 0 spiro atoms. The second kappa shape index (κ2) is 7.59. The van der Waals surface area contributed by atoms with E-state index in [1.165, 1.54) is 41.0 Å². The highest BCUT2D eigenvalue weighted by molar-refractivity contribution is 5.87. The monoisotopic (exact) mass is 369 g/mol. The number of aromatic carboxylic acids is 1. The zero-order valence-electron chi connectivity index (χ0n) is 14.2. The van der Waals surface area contributed by atoms with Crippen molar-refractivity contribution in [3.05, 3.63) is 53.3 Å². The minimum absolute atomic E-state index is 0.0391. The molecule has 0 aliphatic carbocycles. The molecule has 0 saturated carbocycles. The number of aromatic nitrogens is 2. The molecular weight excluding hydrogens is 351 g/mol. The Kier molecular flexibility index (Phi) is 5.69. The van der Waals surface area contributed by atoms with Gasteiger partial charge in [-0.25, -0.2) is 4.79 Å². The molecule has 2 aromatic rings. The first kappa shape index (κ1) is 19.5. The Hall–Kier alpha value is -2.84. The fourth-order valence-electron chi connectivity index (χ4n) is 2.49. The van der Waals surface area contributed by atoms with Gasteiger partial charge in [0, 0.05) is 19.3 Å². The van der Waals surface area contributed by atoms with E-state index in [0.717, 1.165) is 12.3 Å². The van der Waals surface area contributed by atoms with Crippen molar-refractivity contribution in [3.63, 3.8) is 0 Å². The van der Waals surface area contributed by atoms with Crippen LogP contribution in [-0.2, 0) is 23.9 Å². The maximum Gasteiger partial charge on any atom is 0.416 e.